The molecule has 0 atom stereocenters. The average Bonchev–Trinajstić information content (AvgIpc) is 1.88. The second-order valence-electron chi connectivity index (χ2n) is 2.72. The van der Waals surface area contributed by atoms with Crippen molar-refractivity contribution >= 4 is 16.4 Å². The van der Waals surface area contributed by atoms with Crippen LogP contribution in [0, 0.1) is 0 Å². The van der Waals surface area contributed by atoms with Crippen molar-refractivity contribution < 1.29 is 14.4 Å². The molecule has 0 aliphatic carbocycles. The Balaban J connectivity index is 2.13. The molecule has 0 saturated carbocycles. The molecule has 1 aliphatic rings. The van der Waals surface area contributed by atoms with Gasteiger partial charge in [-0.2, -0.15) is 0 Å². The maximum atomic E-state index is 8.47. The van der Waals surface area contributed by atoms with Gasteiger partial charge in [0.2, 0.25) is 0 Å². The smallest absolute Gasteiger partial charge is 0.431 e. The molecule has 0 aromatic heterocycles. The molecule has 1 saturated heterocycles. The van der Waals surface area contributed by atoms with Crippen molar-refractivity contribution in [2.75, 3.05) is 0 Å². The average molecular weight is 160 g/mol. The van der Waals surface area contributed by atoms with Crippen LogP contribution in [0.15, 0.2) is 0 Å². The van der Waals surface area contributed by atoms with Crippen LogP contribution >= 0.6 is 0 Å². The summed E-state index contributed by atoms with van der Waals surface area (Å²) in [6, 6.07) is 2.22. The molecule has 5 heteroatoms. The topological polar surface area (TPSA) is 49.7 Å². The molecule has 0 spiro atoms. The first-order chi connectivity index (χ1) is 4.79. The standard InChI is InChI=1S/C5H13BO3Si/c7-6(8)9-10-4-2-1-3-5-10/h7-8,10H,1-5H2. The number of rotatable bonds is 2. The second-order valence-corrected chi connectivity index (χ2v) is 5.39. The highest BCUT2D eigenvalue weighted by Crippen LogP contribution is 2.19. The van der Waals surface area contributed by atoms with Gasteiger partial charge in [-0.25, -0.2) is 0 Å². The van der Waals surface area contributed by atoms with Crippen LogP contribution in [0.25, 0.3) is 0 Å². The molecule has 0 unspecified atom stereocenters. The fraction of sp³-hybridized carbons (Fsp3) is 1.00. The SMILES string of the molecule is OB(O)O[SiH]1CCCCC1. The van der Waals surface area contributed by atoms with Crippen LogP contribution in [0.3, 0.4) is 0 Å². The van der Waals surface area contributed by atoms with Gasteiger partial charge in [-0.05, 0) is 12.1 Å². The van der Waals surface area contributed by atoms with Crippen molar-refractivity contribution in [1.29, 1.82) is 0 Å². The third-order valence-corrected chi connectivity index (χ3v) is 4.60. The van der Waals surface area contributed by atoms with Gasteiger partial charge in [0.05, 0.1) is 0 Å². The molecule has 1 rings (SSSR count). The van der Waals surface area contributed by atoms with Crippen molar-refractivity contribution in [3.63, 3.8) is 0 Å². The van der Waals surface area contributed by atoms with E-state index in [-0.39, 0.29) is 0 Å². The maximum absolute atomic E-state index is 8.47. The quantitative estimate of drug-likeness (QED) is 0.553. The summed E-state index contributed by atoms with van der Waals surface area (Å²) in [6.07, 6.45) is 3.71. The minimum Gasteiger partial charge on any atom is -0.431 e. The lowest BCUT2D eigenvalue weighted by Crippen LogP contribution is -2.30. The molecule has 0 aromatic rings. The van der Waals surface area contributed by atoms with Gasteiger partial charge in [-0.3, -0.25) is 0 Å². The summed E-state index contributed by atoms with van der Waals surface area (Å²) in [5.74, 6) is 0. The molecule has 3 nitrogen and oxygen atoms in total. The monoisotopic (exact) mass is 160 g/mol. The zero-order chi connectivity index (χ0) is 7.40. The maximum Gasteiger partial charge on any atom is 0.622 e. The van der Waals surface area contributed by atoms with E-state index >= 15 is 0 Å². The third kappa shape index (κ3) is 2.83. The lowest BCUT2D eigenvalue weighted by molar-refractivity contribution is 0.286. The molecule has 1 aliphatic heterocycles. The molecule has 58 valence electrons. The van der Waals surface area contributed by atoms with Crippen molar-refractivity contribution in [1.82, 2.24) is 0 Å². The lowest BCUT2D eigenvalue weighted by Gasteiger charge is -2.19. The molecule has 2 N–H and O–H groups in total. The first-order valence-corrected chi connectivity index (χ1v) is 5.91. The Bertz CT molecular complexity index is 94.9. The normalized spacial score (nSPS) is 21.0. The van der Waals surface area contributed by atoms with Crippen LogP contribution in [0.4, 0.5) is 0 Å². The first-order valence-electron chi connectivity index (χ1n) is 3.80. The first kappa shape index (κ1) is 8.26. The summed E-state index contributed by atoms with van der Waals surface area (Å²) >= 11 is 0. The van der Waals surface area contributed by atoms with E-state index in [9.17, 15) is 0 Å². The molecule has 0 aromatic carbocycles. The minimum absolute atomic E-state index is 1.11. The molecular weight excluding hydrogens is 147 g/mol. The summed E-state index contributed by atoms with van der Waals surface area (Å²) < 4.78 is 4.94. The van der Waals surface area contributed by atoms with Crippen molar-refractivity contribution in [3.05, 3.63) is 0 Å². The Hall–Kier alpha value is 0.162. The fourth-order valence-electron chi connectivity index (χ4n) is 1.37. The van der Waals surface area contributed by atoms with Gasteiger partial charge < -0.3 is 14.4 Å². The molecule has 0 amide bonds. The Morgan fingerprint density at radius 2 is 1.70 bits per heavy atom. The summed E-state index contributed by atoms with van der Waals surface area (Å²) in [5, 5.41) is 16.9. The van der Waals surface area contributed by atoms with Crippen molar-refractivity contribution in [3.8, 4) is 0 Å². The summed E-state index contributed by atoms with van der Waals surface area (Å²) in [7, 11) is -2.70. The molecule has 0 radical (unpaired) electrons. The van der Waals surface area contributed by atoms with E-state index in [1.54, 1.807) is 0 Å². The van der Waals surface area contributed by atoms with Crippen LogP contribution in [-0.2, 0) is 4.34 Å². The highest BCUT2D eigenvalue weighted by atomic mass is 28.3. The number of hydrogen-bond acceptors (Lipinski definition) is 3. The van der Waals surface area contributed by atoms with E-state index in [1.165, 1.54) is 19.3 Å². The second kappa shape index (κ2) is 4.13. The van der Waals surface area contributed by atoms with E-state index in [0.717, 1.165) is 12.1 Å². The van der Waals surface area contributed by atoms with Gasteiger partial charge in [0, 0.05) is 0 Å². The van der Waals surface area contributed by atoms with Gasteiger partial charge >= 0.3 is 7.32 Å². The highest BCUT2D eigenvalue weighted by molar-refractivity contribution is 6.60. The molecule has 1 heterocycles. The van der Waals surface area contributed by atoms with E-state index in [2.05, 4.69) is 0 Å². The van der Waals surface area contributed by atoms with Gasteiger partial charge in [0.15, 0.2) is 9.04 Å². The molecule has 1 fully saturated rings. The zero-order valence-corrected chi connectivity index (χ0v) is 7.15. The van der Waals surface area contributed by atoms with Gasteiger partial charge in [-0.1, -0.05) is 19.3 Å². The molecule has 0 bridgehead atoms. The van der Waals surface area contributed by atoms with Crippen LogP contribution in [0.2, 0.25) is 12.1 Å². The lowest BCUT2D eigenvalue weighted by atomic mass is 10.3. The zero-order valence-electron chi connectivity index (χ0n) is 5.99. The fourth-order valence-corrected chi connectivity index (χ4v) is 3.77. The summed E-state index contributed by atoms with van der Waals surface area (Å²) in [4.78, 5) is 0. The Labute approximate surface area is 62.9 Å². The van der Waals surface area contributed by atoms with Gasteiger partial charge in [0.25, 0.3) is 0 Å². The summed E-state index contributed by atoms with van der Waals surface area (Å²) in [5.41, 5.74) is 0. The largest absolute Gasteiger partial charge is 0.622 e. The molecular formula is C5H13BO3Si. The van der Waals surface area contributed by atoms with Crippen molar-refractivity contribution in [2.24, 2.45) is 0 Å². The predicted molar refractivity (Wildman–Crippen MR) is 41.9 cm³/mol. The highest BCUT2D eigenvalue weighted by Gasteiger charge is 2.21. The van der Waals surface area contributed by atoms with Crippen molar-refractivity contribution in [2.45, 2.75) is 31.4 Å². The van der Waals surface area contributed by atoms with E-state index in [1.807, 2.05) is 0 Å². The third-order valence-electron chi connectivity index (χ3n) is 1.87. The van der Waals surface area contributed by atoms with Crippen LogP contribution in [0.5, 0.6) is 0 Å². The molecule has 10 heavy (non-hydrogen) atoms. The Kier molecular flexibility index (Phi) is 3.41. The van der Waals surface area contributed by atoms with Crippen LogP contribution in [0.1, 0.15) is 19.3 Å². The van der Waals surface area contributed by atoms with E-state index in [0.29, 0.717) is 0 Å². The predicted octanol–water partition coefficient (Wildman–Crippen LogP) is -0.120. The Morgan fingerprint density at radius 1 is 1.10 bits per heavy atom. The van der Waals surface area contributed by atoms with Crippen LogP contribution in [-0.4, -0.2) is 26.4 Å². The number of hydrogen-bond donors (Lipinski definition) is 2. The van der Waals surface area contributed by atoms with Crippen LogP contribution < -0.4 is 0 Å². The van der Waals surface area contributed by atoms with E-state index < -0.39 is 16.4 Å². The Morgan fingerprint density at radius 3 is 2.20 bits per heavy atom. The summed E-state index contributed by atoms with van der Waals surface area (Å²) in [6.45, 7) is 0. The van der Waals surface area contributed by atoms with Gasteiger partial charge in [0.1, 0.15) is 0 Å². The van der Waals surface area contributed by atoms with Gasteiger partial charge in [-0.15, -0.1) is 0 Å². The minimum atomic E-state index is -1.52. The van der Waals surface area contributed by atoms with E-state index in [4.69, 9.17) is 14.4 Å².